The van der Waals surface area contributed by atoms with E-state index in [1.54, 1.807) is 0 Å². The largest absolute Gasteiger partial charge is 0.373 e. The van der Waals surface area contributed by atoms with E-state index in [0.29, 0.717) is 30.1 Å². The van der Waals surface area contributed by atoms with Crippen molar-refractivity contribution in [2.45, 2.75) is 77.1 Å². The van der Waals surface area contributed by atoms with Gasteiger partial charge in [-0.2, -0.15) is 0 Å². The van der Waals surface area contributed by atoms with E-state index in [-0.39, 0.29) is 0 Å². The third-order valence-electron chi connectivity index (χ3n) is 4.78. The summed E-state index contributed by atoms with van der Waals surface area (Å²) in [6.45, 7) is 9.48. The molecule has 120 valence electrons. The van der Waals surface area contributed by atoms with Crippen LogP contribution in [0.4, 0.5) is 0 Å². The van der Waals surface area contributed by atoms with Gasteiger partial charge in [0.2, 0.25) is 0 Å². The topological polar surface area (TPSA) is 25.1 Å². The molecule has 0 spiro atoms. The number of unbranched alkanes of at least 4 members (excludes halogenated alkanes) is 1. The summed E-state index contributed by atoms with van der Waals surface area (Å²) < 4.78 is 11.2. The monoisotopic (exact) mass is 292 g/mol. The Morgan fingerprint density at radius 1 is 1.19 bits per heavy atom. The molecule has 5 atom stereocenters. The van der Waals surface area contributed by atoms with Crippen molar-refractivity contribution in [3.8, 4) is 0 Å². The molecule has 0 aromatic rings. The smallest absolute Gasteiger partial charge is 0.0847 e. The van der Waals surface area contributed by atoms with Crippen LogP contribution in [0.25, 0.3) is 0 Å². The molecule has 2 heteroatoms. The number of hydrogen-bond donors (Lipinski definition) is 0. The summed E-state index contributed by atoms with van der Waals surface area (Å²) in [5, 5.41) is 0. The summed E-state index contributed by atoms with van der Waals surface area (Å²) in [6.07, 6.45) is 16.7. The minimum absolute atomic E-state index is 0.486. The first-order chi connectivity index (χ1) is 10.2. The number of allylic oxidation sites excluding steroid dienone is 3. The highest BCUT2D eigenvalue weighted by molar-refractivity contribution is 4.93. The molecule has 0 N–H and O–H groups in total. The molecule has 2 saturated heterocycles. The summed E-state index contributed by atoms with van der Waals surface area (Å²) in [7, 11) is 0. The minimum atomic E-state index is 0.486. The highest BCUT2D eigenvalue weighted by Gasteiger charge is 2.40. The number of rotatable bonds is 12. The van der Waals surface area contributed by atoms with Crippen LogP contribution in [0.5, 0.6) is 0 Å². The quantitative estimate of drug-likeness (QED) is 0.377. The van der Waals surface area contributed by atoms with E-state index < -0.39 is 0 Å². The Morgan fingerprint density at radius 2 is 1.95 bits per heavy atom. The predicted octanol–water partition coefficient (Wildman–Crippen LogP) is 4.90. The molecule has 5 unspecified atom stereocenters. The fourth-order valence-corrected chi connectivity index (χ4v) is 2.98. The average molecular weight is 292 g/mol. The van der Waals surface area contributed by atoms with E-state index in [2.05, 4.69) is 38.7 Å². The third-order valence-corrected chi connectivity index (χ3v) is 4.78. The standard InChI is InChI=1S/C19H32O2/c1-4-6-7-8-9-10-16(5-2)13-18-17(21-18)12-11-15(3)19-14-20-19/h5,7-8,15-19H,2,4,6,9-14H2,1,3H3/b8-7+. The second kappa shape index (κ2) is 8.75. The van der Waals surface area contributed by atoms with E-state index in [0.717, 1.165) is 13.0 Å². The first-order valence-corrected chi connectivity index (χ1v) is 8.79. The molecule has 0 saturated carbocycles. The van der Waals surface area contributed by atoms with Crippen molar-refractivity contribution in [2.24, 2.45) is 11.8 Å². The zero-order valence-electron chi connectivity index (χ0n) is 13.8. The summed E-state index contributed by atoms with van der Waals surface area (Å²) in [6, 6.07) is 0. The second-order valence-corrected chi connectivity index (χ2v) is 6.71. The summed E-state index contributed by atoms with van der Waals surface area (Å²) >= 11 is 0. The highest BCUT2D eigenvalue weighted by Crippen LogP contribution is 2.35. The van der Waals surface area contributed by atoms with Gasteiger partial charge < -0.3 is 9.47 Å². The molecule has 2 fully saturated rings. The van der Waals surface area contributed by atoms with Gasteiger partial charge in [0, 0.05) is 0 Å². The lowest BCUT2D eigenvalue weighted by atomic mass is 9.94. The van der Waals surface area contributed by atoms with Crippen LogP contribution in [0.2, 0.25) is 0 Å². The van der Waals surface area contributed by atoms with Crippen LogP contribution in [0, 0.1) is 11.8 Å². The molecule has 0 bridgehead atoms. The molecule has 2 aliphatic rings. The lowest BCUT2D eigenvalue weighted by molar-refractivity contribution is 0.304. The van der Waals surface area contributed by atoms with Gasteiger partial charge in [0.1, 0.15) is 0 Å². The van der Waals surface area contributed by atoms with Crippen LogP contribution in [-0.4, -0.2) is 24.9 Å². The van der Waals surface area contributed by atoms with Crippen molar-refractivity contribution in [3.63, 3.8) is 0 Å². The molecule has 0 aromatic heterocycles. The highest BCUT2D eigenvalue weighted by atomic mass is 16.6. The van der Waals surface area contributed by atoms with Crippen molar-refractivity contribution in [1.82, 2.24) is 0 Å². The molecule has 0 amide bonds. The fraction of sp³-hybridized carbons (Fsp3) is 0.789. The SMILES string of the molecule is C=CC(CC/C=C/CCC)CC1OC1CCC(C)C1CO1. The Hall–Kier alpha value is -0.600. The first-order valence-electron chi connectivity index (χ1n) is 8.79. The van der Waals surface area contributed by atoms with Crippen molar-refractivity contribution in [2.75, 3.05) is 6.61 Å². The second-order valence-electron chi connectivity index (χ2n) is 6.71. The molecule has 2 nitrogen and oxygen atoms in total. The van der Waals surface area contributed by atoms with Crippen molar-refractivity contribution < 1.29 is 9.47 Å². The van der Waals surface area contributed by atoms with Gasteiger partial charge >= 0.3 is 0 Å². The van der Waals surface area contributed by atoms with Gasteiger partial charge in [0.25, 0.3) is 0 Å². The Kier molecular flexibility index (Phi) is 6.98. The van der Waals surface area contributed by atoms with E-state index in [1.165, 1.54) is 38.5 Å². The maximum absolute atomic E-state index is 5.84. The molecule has 2 aliphatic heterocycles. The number of epoxide rings is 2. The van der Waals surface area contributed by atoms with Crippen LogP contribution in [0.3, 0.4) is 0 Å². The molecule has 0 radical (unpaired) electrons. The molecule has 2 heterocycles. The van der Waals surface area contributed by atoms with Crippen LogP contribution in [0.15, 0.2) is 24.8 Å². The Bertz CT molecular complexity index is 332. The number of hydrogen-bond acceptors (Lipinski definition) is 2. The van der Waals surface area contributed by atoms with Crippen LogP contribution >= 0.6 is 0 Å². The lowest BCUT2D eigenvalue weighted by Crippen LogP contribution is -2.07. The summed E-state index contributed by atoms with van der Waals surface area (Å²) in [5.41, 5.74) is 0. The molecule has 2 rings (SSSR count). The van der Waals surface area contributed by atoms with Gasteiger partial charge in [-0.3, -0.25) is 0 Å². The Labute approximate surface area is 130 Å². The van der Waals surface area contributed by atoms with Crippen molar-refractivity contribution in [3.05, 3.63) is 24.8 Å². The van der Waals surface area contributed by atoms with E-state index in [9.17, 15) is 0 Å². The fourth-order valence-electron chi connectivity index (χ4n) is 2.98. The zero-order valence-corrected chi connectivity index (χ0v) is 13.8. The summed E-state index contributed by atoms with van der Waals surface area (Å²) in [4.78, 5) is 0. The van der Waals surface area contributed by atoms with Gasteiger partial charge in [-0.1, -0.05) is 38.5 Å². The van der Waals surface area contributed by atoms with Crippen LogP contribution in [-0.2, 0) is 9.47 Å². The molecular formula is C19H32O2. The van der Waals surface area contributed by atoms with Crippen molar-refractivity contribution in [1.29, 1.82) is 0 Å². The van der Waals surface area contributed by atoms with Gasteiger partial charge in [0.15, 0.2) is 0 Å². The maximum atomic E-state index is 5.84. The third kappa shape index (κ3) is 6.36. The normalized spacial score (nSPS) is 30.3. The van der Waals surface area contributed by atoms with Gasteiger partial charge in [0.05, 0.1) is 24.9 Å². The van der Waals surface area contributed by atoms with Crippen LogP contribution < -0.4 is 0 Å². The maximum Gasteiger partial charge on any atom is 0.0847 e. The van der Waals surface area contributed by atoms with Crippen molar-refractivity contribution >= 4 is 0 Å². The Balaban J connectivity index is 1.54. The van der Waals surface area contributed by atoms with Gasteiger partial charge in [-0.25, -0.2) is 0 Å². The van der Waals surface area contributed by atoms with Gasteiger partial charge in [-0.05, 0) is 50.4 Å². The predicted molar refractivity (Wildman–Crippen MR) is 88.4 cm³/mol. The average Bonchev–Trinajstić information content (AvgIpc) is 3.37. The Morgan fingerprint density at radius 3 is 2.62 bits per heavy atom. The molecule has 21 heavy (non-hydrogen) atoms. The van der Waals surface area contributed by atoms with Crippen LogP contribution in [0.1, 0.15) is 58.8 Å². The number of ether oxygens (including phenoxy) is 2. The van der Waals surface area contributed by atoms with E-state index in [4.69, 9.17) is 9.47 Å². The molecular weight excluding hydrogens is 260 g/mol. The lowest BCUT2D eigenvalue weighted by Gasteiger charge is -2.09. The minimum Gasteiger partial charge on any atom is -0.373 e. The zero-order chi connectivity index (χ0) is 15.1. The van der Waals surface area contributed by atoms with E-state index >= 15 is 0 Å². The molecule has 0 aromatic carbocycles. The summed E-state index contributed by atoms with van der Waals surface area (Å²) in [5.74, 6) is 1.31. The molecule has 0 aliphatic carbocycles. The van der Waals surface area contributed by atoms with Gasteiger partial charge in [-0.15, -0.1) is 6.58 Å². The van der Waals surface area contributed by atoms with E-state index in [1.807, 2.05) is 0 Å². The first kappa shape index (κ1) is 16.8.